The quantitative estimate of drug-likeness (QED) is 0.818. The van der Waals surface area contributed by atoms with E-state index in [1.165, 1.54) is 25.9 Å². The fraction of sp³-hybridized carbons (Fsp3) is 0.917. The molecule has 2 heterocycles. The SMILES string of the molecule is CC(CN1CCCC1)N=C1NC(C)(C)CS1. The van der Waals surface area contributed by atoms with E-state index in [0.717, 1.165) is 17.5 Å². The zero-order valence-electron chi connectivity index (χ0n) is 10.6. The number of hydrogen-bond donors (Lipinski definition) is 1. The lowest BCUT2D eigenvalue weighted by atomic mass is 10.1. The van der Waals surface area contributed by atoms with Gasteiger partial charge in [-0.1, -0.05) is 11.8 Å². The topological polar surface area (TPSA) is 27.6 Å². The molecule has 0 aromatic rings. The molecule has 2 aliphatic rings. The molecule has 16 heavy (non-hydrogen) atoms. The number of nitrogens with zero attached hydrogens (tertiary/aromatic N) is 2. The van der Waals surface area contributed by atoms with Crippen molar-refractivity contribution < 1.29 is 0 Å². The molecule has 2 saturated heterocycles. The van der Waals surface area contributed by atoms with Gasteiger partial charge in [0, 0.05) is 17.8 Å². The molecule has 92 valence electrons. The minimum atomic E-state index is 0.219. The summed E-state index contributed by atoms with van der Waals surface area (Å²) in [5.41, 5.74) is 0.219. The van der Waals surface area contributed by atoms with Gasteiger partial charge in [-0.15, -0.1) is 0 Å². The van der Waals surface area contributed by atoms with Crippen molar-refractivity contribution in [1.82, 2.24) is 10.2 Å². The molecule has 0 aromatic carbocycles. The van der Waals surface area contributed by atoms with Gasteiger partial charge in [0.25, 0.3) is 0 Å². The first-order valence-corrected chi connectivity index (χ1v) is 7.25. The average Bonchev–Trinajstić information content (AvgIpc) is 2.76. The molecule has 2 aliphatic heterocycles. The summed E-state index contributed by atoms with van der Waals surface area (Å²) in [5, 5.41) is 4.62. The third-order valence-electron chi connectivity index (χ3n) is 3.07. The number of aliphatic imine (C=N–C) groups is 1. The molecule has 3 nitrogen and oxygen atoms in total. The van der Waals surface area contributed by atoms with Crippen LogP contribution in [0.3, 0.4) is 0 Å². The van der Waals surface area contributed by atoms with Gasteiger partial charge < -0.3 is 10.2 Å². The van der Waals surface area contributed by atoms with E-state index in [1.54, 1.807) is 0 Å². The Morgan fingerprint density at radius 2 is 2.12 bits per heavy atom. The number of likely N-dealkylation sites (tertiary alicyclic amines) is 1. The maximum atomic E-state index is 4.76. The highest BCUT2D eigenvalue weighted by atomic mass is 32.2. The third kappa shape index (κ3) is 3.39. The van der Waals surface area contributed by atoms with E-state index in [-0.39, 0.29) is 5.54 Å². The molecular weight excluding hydrogens is 218 g/mol. The van der Waals surface area contributed by atoms with Gasteiger partial charge in [-0.3, -0.25) is 4.99 Å². The molecule has 1 atom stereocenters. The monoisotopic (exact) mass is 241 g/mol. The first-order chi connectivity index (χ1) is 7.55. The molecular formula is C12H23N3S. The van der Waals surface area contributed by atoms with Crippen LogP contribution in [0.2, 0.25) is 0 Å². The molecule has 0 bridgehead atoms. The highest BCUT2D eigenvalue weighted by molar-refractivity contribution is 8.14. The second-order valence-electron chi connectivity index (χ2n) is 5.59. The summed E-state index contributed by atoms with van der Waals surface area (Å²) in [7, 11) is 0. The van der Waals surface area contributed by atoms with Crippen molar-refractivity contribution in [3.05, 3.63) is 0 Å². The highest BCUT2D eigenvalue weighted by Gasteiger charge is 2.27. The maximum absolute atomic E-state index is 4.76. The minimum Gasteiger partial charge on any atom is -0.359 e. The summed E-state index contributed by atoms with van der Waals surface area (Å²) in [5.74, 6) is 1.13. The van der Waals surface area contributed by atoms with Gasteiger partial charge in [0.15, 0.2) is 5.17 Å². The number of nitrogens with one attached hydrogen (secondary N) is 1. The number of hydrogen-bond acceptors (Lipinski definition) is 3. The summed E-state index contributed by atoms with van der Waals surface area (Å²) in [4.78, 5) is 7.29. The van der Waals surface area contributed by atoms with E-state index in [2.05, 4.69) is 31.0 Å². The van der Waals surface area contributed by atoms with Crippen molar-refractivity contribution >= 4 is 16.9 Å². The summed E-state index contributed by atoms with van der Waals surface area (Å²) < 4.78 is 0. The predicted octanol–water partition coefficient (Wildman–Crippen LogP) is 1.94. The van der Waals surface area contributed by atoms with Gasteiger partial charge in [-0.05, 0) is 46.7 Å². The number of thioether (sulfide) groups is 1. The molecule has 1 unspecified atom stereocenters. The Bertz CT molecular complexity index is 269. The van der Waals surface area contributed by atoms with Crippen LogP contribution in [-0.2, 0) is 0 Å². The van der Waals surface area contributed by atoms with Crippen molar-refractivity contribution in [3.8, 4) is 0 Å². The van der Waals surface area contributed by atoms with Crippen molar-refractivity contribution in [3.63, 3.8) is 0 Å². The summed E-state index contributed by atoms with van der Waals surface area (Å²) in [6.07, 6.45) is 2.73. The van der Waals surface area contributed by atoms with E-state index in [9.17, 15) is 0 Å². The van der Waals surface area contributed by atoms with Crippen LogP contribution in [0.25, 0.3) is 0 Å². The summed E-state index contributed by atoms with van der Waals surface area (Å²) >= 11 is 1.86. The zero-order chi connectivity index (χ0) is 11.6. The predicted molar refractivity (Wildman–Crippen MR) is 72.2 cm³/mol. The molecule has 0 amide bonds. The fourth-order valence-electron chi connectivity index (χ4n) is 2.26. The van der Waals surface area contributed by atoms with Crippen molar-refractivity contribution in [2.45, 2.75) is 45.2 Å². The van der Waals surface area contributed by atoms with Crippen LogP contribution in [0.5, 0.6) is 0 Å². The number of rotatable bonds is 3. The normalized spacial score (nSPS) is 29.6. The van der Waals surface area contributed by atoms with Crippen molar-refractivity contribution in [2.75, 3.05) is 25.4 Å². The van der Waals surface area contributed by atoms with E-state index < -0.39 is 0 Å². The van der Waals surface area contributed by atoms with Gasteiger partial charge >= 0.3 is 0 Å². The van der Waals surface area contributed by atoms with Gasteiger partial charge in [0.1, 0.15) is 0 Å². The molecule has 4 heteroatoms. The smallest absolute Gasteiger partial charge is 0.157 e. The van der Waals surface area contributed by atoms with E-state index in [4.69, 9.17) is 4.99 Å². The molecule has 0 aromatic heterocycles. The molecule has 2 rings (SSSR count). The van der Waals surface area contributed by atoms with Crippen LogP contribution in [0.15, 0.2) is 4.99 Å². The molecule has 1 N–H and O–H groups in total. The Hall–Kier alpha value is -0.220. The minimum absolute atomic E-state index is 0.219. The highest BCUT2D eigenvalue weighted by Crippen LogP contribution is 2.22. The van der Waals surface area contributed by atoms with Gasteiger partial charge in [0.05, 0.1) is 6.04 Å². The second-order valence-corrected chi connectivity index (χ2v) is 6.55. The Kier molecular flexibility index (Phi) is 3.80. The summed E-state index contributed by atoms with van der Waals surface area (Å²) in [6.45, 7) is 10.3. The van der Waals surface area contributed by atoms with Crippen LogP contribution >= 0.6 is 11.8 Å². The first kappa shape index (κ1) is 12.2. The van der Waals surface area contributed by atoms with E-state index in [0.29, 0.717) is 6.04 Å². The first-order valence-electron chi connectivity index (χ1n) is 6.26. The second kappa shape index (κ2) is 4.96. The lowest BCUT2D eigenvalue weighted by Crippen LogP contribution is -2.37. The van der Waals surface area contributed by atoms with Crippen LogP contribution in [0.1, 0.15) is 33.6 Å². The molecule has 2 fully saturated rings. The van der Waals surface area contributed by atoms with E-state index >= 15 is 0 Å². The standard InChI is InChI=1S/C12H23N3S/c1-10(8-15-6-4-5-7-15)13-11-14-12(2,3)9-16-11/h10H,4-9H2,1-3H3,(H,13,14). The fourth-order valence-corrected chi connectivity index (χ4v) is 3.43. The van der Waals surface area contributed by atoms with Gasteiger partial charge in [-0.2, -0.15) is 0 Å². The Labute approximate surface area is 103 Å². The van der Waals surface area contributed by atoms with Crippen molar-refractivity contribution in [1.29, 1.82) is 0 Å². The molecule has 0 radical (unpaired) electrons. The number of amidine groups is 1. The molecule has 0 spiro atoms. The molecule has 0 saturated carbocycles. The van der Waals surface area contributed by atoms with Crippen LogP contribution in [0.4, 0.5) is 0 Å². The zero-order valence-corrected chi connectivity index (χ0v) is 11.4. The van der Waals surface area contributed by atoms with Gasteiger partial charge in [0.2, 0.25) is 0 Å². The lowest BCUT2D eigenvalue weighted by Gasteiger charge is -2.19. The van der Waals surface area contributed by atoms with E-state index in [1.807, 2.05) is 11.8 Å². The Morgan fingerprint density at radius 3 is 2.69 bits per heavy atom. The van der Waals surface area contributed by atoms with Crippen LogP contribution in [0, 0.1) is 0 Å². The molecule has 0 aliphatic carbocycles. The van der Waals surface area contributed by atoms with Gasteiger partial charge in [-0.25, -0.2) is 0 Å². The maximum Gasteiger partial charge on any atom is 0.157 e. The third-order valence-corrected chi connectivity index (χ3v) is 4.42. The summed E-state index contributed by atoms with van der Waals surface area (Å²) in [6, 6.07) is 0.419. The lowest BCUT2D eigenvalue weighted by molar-refractivity contribution is 0.321. The van der Waals surface area contributed by atoms with Crippen LogP contribution in [-0.4, -0.2) is 47.0 Å². The van der Waals surface area contributed by atoms with Crippen molar-refractivity contribution in [2.24, 2.45) is 4.99 Å². The van der Waals surface area contributed by atoms with Crippen LogP contribution < -0.4 is 5.32 Å². The largest absolute Gasteiger partial charge is 0.359 e. The average molecular weight is 241 g/mol. The Balaban J connectivity index is 1.81. The Morgan fingerprint density at radius 1 is 1.44 bits per heavy atom.